The second-order valence-corrected chi connectivity index (χ2v) is 4.19. The zero-order valence-electron chi connectivity index (χ0n) is 11.1. The number of hydrogen-bond acceptors (Lipinski definition) is 4. The van der Waals surface area contributed by atoms with Crippen LogP contribution in [0.3, 0.4) is 0 Å². The van der Waals surface area contributed by atoms with Crippen LogP contribution in [0.4, 0.5) is 0 Å². The van der Waals surface area contributed by atoms with Crippen LogP contribution in [0.25, 0.3) is 0 Å². The average molecular weight is 294 g/mol. The Bertz CT molecular complexity index is 523. The number of alkyl halides is 1. The van der Waals surface area contributed by atoms with Crippen LogP contribution in [0, 0.1) is 11.3 Å². The van der Waals surface area contributed by atoms with E-state index in [1.54, 1.807) is 7.11 Å². The van der Waals surface area contributed by atoms with Crippen LogP contribution in [0.2, 0.25) is 0 Å². The maximum atomic E-state index is 11.6. The van der Waals surface area contributed by atoms with Crippen LogP contribution in [0.15, 0.2) is 36.0 Å². The van der Waals surface area contributed by atoms with Crippen molar-refractivity contribution in [2.24, 2.45) is 0 Å². The molecule has 0 aromatic heterocycles. The quantitative estimate of drug-likeness (QED) is 0.454. The van der Waals surface area contributed by atoms with E-state index in [0.29, 0.717) is 19.0 Å². The fraction of sp³-hybridized carbons (Fsp3) is 0.286. The van der Waals surface area contributed by atoms with E-state index in [1.807, 2.05) is 30.3 Å². The molecule has 106 valence electrons. The number of nitrogens with zero attached hydrogens (tertiary/aromatic N) is 1. The van der Waals surface area contributed by atoms with Gasteiger partial charge in [0, 0.05) is 30.7 Å². The molecule has 1 rings (SSSR count). The van der Waals surface area contributed by atoms with Crippen LogP contribution in [-0.2, 0) is 11.3 Å². The highest BCUT2D eigenvalue weighted by molar-refractivity contribution is 6.18. The number of methoxy groups -OCH3 is 1. The van der Waals surface area contributed by atoms with Crippen molar-refractivity contribution in [1.82, 2.24) is 10.6 Å². The summed E-state index contributed by atoms with van der Waals surface area (Å²) in [5.41, 5.74) is 0.940. The fourth-order valence-corrected chi connectivity index (χ4v) is 1.61. The summed E-state index contributed by atoms with van der Waals surface area (Å²) >= 11 is 5.46. The molecule has 1 aromatic rings. The van der Waals surface area contributed by atoms with E-state index in [1.165, 1.54) is 6.20 Å². The smallest absolute Gasteiger partial charge is 0.263 e. The van der Waals surface area contributed by atoms with Gasteiger partial charge < -0.3 is 15.4 Å². The minimum Gasteiger partial charge on any atom is -0.496 e. The Hall–Kier alpha value is -2.19. The van der Waals surface area contributed by atoms with Gasteiger partial charge in [-0.25, -0.2) is 0 Å². The standard InChI is InChI=1S/C14H16ClN3O2/c1-20-13-5-3-2-4-11(13)9-17-10-12(8-16)14(19)18-7-6-15/h2-5,10,17H,6-7,9H2,1H3,(H,18,19)/b12-10-. The number of carbonyl (C=O) groups excluding carboxylic acids is 1. The number of nitrogens with one attached hydrogen (secondary N) is 2. The molecule has 0 aliphatic heterocycles. The molecule has 6 heteroatoms. The van der Waals surface area contributed by atoms with E-state index < -0.39 is 5.91 Å². The first-order valence-corrected chi connectivity index (χ1v) is 6.56. The predicted molar refractivity (Wildman–Crippen MR) is 77.3 cm³/mol. The highest BCUT2D eigenvalue weighted by Crippen LogP contribution is 2.16. The lowest BCUT2D eigenvalue weighted by Gasteiger charge is -2.08. The third-order valence-electron chi connectivity index (χ3n) is 2.48. The molecule has 0 spiro atoms. The molecule has 0 saturated heterocycles. The van der Waals surface area contributed by atoms with Crippen LogP contribution >= 0.6 is 11.6 Å². The summed E-state index contributed by atoms with van der Waals surface area (Å²) in [6, 6.07) is 9.35. The first kappa shape index (κ1) is 15.9. The summed E-state index contributed by atoms with van der Waals surface area (Å²) in [5, 5.41) is 14.4. The number of ether oxygens (including phenoxy) is 1. The molecule has 1 amide bonds. The van der Waals surface area contributed by atoms with Gasteiger partial charge in [-0.2, -0.15) is 5.26 Å². The molecule has 1 aromatic carbocycles. The molecule has 0 saturated carbocycles. The Morgan fingerprint density at radius 1 is 1.50 bits per heavy atom. The van der Waals surface area contributed by atoms with Gasteiger partial charge in [0.1, 0.15) is 17.4 Å². The molecule has 0 fully saturated rings. The van der Waals surface area contributed by atoms with E-state index in [-0.39, 0.29) is 5.57 Å². The monoisotopic (exact) mass is 293 g/mol. The zero-order valence-corrected chi connectivity index (χ0v) is 11.9. The highest BCUT2D eigenvalue weighted by Gasteiger charge is 2.07. The van der Waals surface area contributed by atoms with E-state index in [2.05, 4.69) is 10.6 Å². The van der Waals surface area contributed by atoms with Crippen molar-refractivity contribution in [1.29, 1.82) is 5.26 Å². The first-order valence-electron chi connectivity index (χ1n) is 6.02. The van der Waals surface area contributed by atoms with Crippen LogP contribution in [0.5, 0.6) is 5.75 Å². The number of hydrogen-bond donors (Lipinski definition) is 2. The number of benzene rings is 1. The molecule has 0 unspecified atom stereocenters. The third-order valence-corrected chi connectivity index (χ3v) is 2.67. The van der Waals surface area contributed by atoms with Gasteiger partial charge in [-0.15, -0.1) is 11.6 Å². The van der Waals surface area contributed by atoms with Crippen LogP contribution < -0.4 is 15.4 Å². The van der Waals surface area contributed by atoms with E-state index >= 15 is 0 Å². The molecule has 20 heavy (non-hydrogen) atoms. The number of halogens is 1. The largest absolute Gasteiger partial charge is 0.496 e. The number of carbonyl (C=O) groups is 1. The van der Waals surface area contributed by atoms with Gasteiger partial charge in [-0.3, -0.25) is 4.79 Å². The van der Waals surface area contributed by atoms with Crippen LogP contribution in [-0.4, -0.2) is 25.4 Å². The molecule has 0 heterocycles. The Labute approximate surface area is 123 Å². The summed E-state index contributed by atoms with van der Waals surface area (Å²) in [4.78, 5) is 11.6. The number of rotatable bonds is 7. The van der Waals surface area contributed by atoms with Gasteiger partial charge in [-0.1, -0.05) is 18.2 Å². The lowest BCUT2D eigenvalue weighted by molar-refractivity contribution is -0.117. The van der Waals surface area contributed by atoms with E-state index in [0.717, 1.165) is 11.3 Å². The van der Waals surface area contributed by atoms with Crippen LogP contribution in [0.1, 0.15) is 5.56 Å². The summed E-state index contributed by atoms with van der Waals surface area (Å²) in [7, 11) is 1.59. The lowest BCUT2D eigenvalue weighted by atomic mass is 10.2. The molecule has 0 bridgehead atoms. The van der Waals surface area contributed by atoms with Gasteiger partial charge in [0.05, 0.1) is 7.11 Å². The molecular formula is C14H16ClN3O2. The third kappa shape index (κ3) is 4.82. The van der Waals surface area contributed by atoms with Crippen molar-refractivity contribution in [3.8, 4) is 11.8 Å². The predicted octanol–water partition coefficient (Wildman–Crippen LogP) is 1.55. The minimum atomic E-state index is -0.444. The lowest BCUT2D eigenvalue weighted by Crippen LogP contribution is -2.27. The summed E-state index contributed by atoms with van der Waals surface area (Å²) in [6.07, 6.45) is 1.38. The second kappa shape index (κ2) is 8.83. The van der Waals surface area contributed by atoms with Crippen molar-refractivity contribution >= 4 is 17.5 Å². The molecule has 2 N–H and O–H groups in total. The SMILES string of the molecule is COc1ccccc1CN/C=C(/C#N)C(=O)NCCCl. The number of para-hydroxylation sites is 1. The van der Waals surface area contributed by atoms with Gasteiger partial charge in [0.15, 0.2) is 0 Å². The Morgan fingerprint density at radius 3 is 2.90 bits per heavy atom. The second-order valence-electron chi connectivity index (χ2n) is 3.81. The number of nitriles is 1. The Morgan fingerprint density at radius 2 is 2.25 bits per heavy atom. The summed E-state index contributed by atoms with van der Waals surface area (Å²) < 4.78 is 5.21. The van der Waals surface area contributed by atoms with E-state index in [4.69, 9.17) is 21.6 Å². The van der Waals surface area contributed by atoms with Crippen molar-refractivity contribution in [3.63, 3.8) is 0 Å². The minimum absolute atomic E-state index is 0.00464. The van der Waals surface area contributed by atoms with Gasteiger partial charge in [0.25, 0.3) is 5.91 Å². The zero-order chi connectivity index (χ0) is 14.8. The molecular weight excluding hydrogens is 278 g/mol. The topological polar surface area (TPSA) is 74.1 Å². The summed E-state index contributed by atoms with van der Waals surface area (Å²) in [5.74, 6) is 0.609. The first-order chi connectivity index (χ1) is 9.72. The highest BCUT2D eigenvalue weighted by atomic mass is 35.5. The molecule has 0 atom stereocenters. The Kier molecular flexibility index (Phi) is 7.01. The molecule has 0 aliphatic carbocycles. The molecule has 5 nitrogen and oxygen atoms in total. The van der Waals surface area contributed by atoms with Gasteiger partial charge in [-0.05, 0) is 6.07 Å². The maximum absolute atomic E-state index is 11.6. The van der Waals surface area contributed by atoms with Crippen molar-refractivity contribution < 1.29 is 9.53 Å². The maximum Gasteiger partial charge on any atom is 0.263 e. The fourth-order valence-electron chi connectivity index (χ4n) is 1.52. The van der Waals surface area contributed by atoms with Gasteiger partial charge in [0.2, 0.25) is 0 Å². The number of amides is 1. The molecule has 0 radical (unpaired) electrons. The summed E-state index contributed by atoms with van der Waals surface area (Å²) in [6.45, 7) is 0.782. The van der Waals surface area contributed by atoms with Crippen molar-refractivity contribution in [3.05, 3.63) is 41.6 Å². The van der Waals surface area contributed by atoms with Crippen molar-refractivity contribution in [2.75, 3.05) is 19.5 Å². The normalized spacial score (nSPS) is 10.6. The average Bonchev–Trinajstić information content (AvgIpc) is 2.49. The van der Waals surface area contributed by atoms with Gasteiger partial charge >= 0.3 is 0 Å². The van der Waals surface area contributed by atoms with E-state index in [9.17, 15) is 4.79 Å². The Balaban J connectivity index is 2.62. The molecule has 0 aliphatic rings. The van der Waals surface area contributed by atoms with Crippen molar-refractivity contribution in [2.45, 2.75) is 6.54 Å².